The van der Waals surface area contributed by atoms with Gasteiger partial charge in [-0.15, -0.1) is 0 Å². The van der Waals surface area contributed by atoms with E-state index >= 15 is 0 Å². The Bertz CT molecular complexity index is 474. The summed E-state index contributed by atoms with van der Waals surface area (Å²) in [7, 11) is -3.41. The van der Waals surface area contributed by atoms with Crippen molar-refractivity contribution in [3.63, 3.8) is 0 Å². The Hall–Kier alpha value is -0.880. The van der Waals surface area contributed by atoms with Gasteiger partial charge in [-0.3, -0.25) is 0 Å². The summed E-state index contributed by atoms with van der Waals surface area (Å²) in [5.74, 6) is 0.693. The zero-order valence-electron chi connectivity index (χ0n) is 9.58. The van der Waals surface area contributed by atoms with E-state index in [1.165, 1.54) is 6.20 Å². The van der Waals surface area contributed by atoms with Crippen LogP contribution >= 0.6 is 0 Å². The van der Waals surface area contributed by atoms with E-state index in [1.54, 1.807) is 0 Å². The number of nitrogens with zero attached hydrogens (tertiary/aromatic N) is 1. The number of aromatic amines is 1. The summed E-state index contributed by atoms with van der Waals surface area (Å²) in [6.07, 6.45) is 4.26. The standard InChI is InChI=1S/C10H17N3O2S/c1-3-8-11-6-9(13-8)16(14,15)12-7-10(2)4-5-10/h6,12H,3-5,7H2,1-2H3,(H,11,13). The Labute approximate surface area is 95.7 Å². The molecule has 0 aliphatic heterocycles. The molecule has 0 saturated heterocycles. The topological polar surface area (TPSA) is 74.8 Å². The molecular formula is C10H17N3O2S. The molecule has 6 heteroatoms. The first kappa shape index (κ1) is 11.6. The number of nitrogens with one attached hydrogen (secondary N) is 2. The van der Waals surface area contributed by atoms with E-state index in [4.69, 9.17) is 0 Å². The highest BCUT2D eigenvalue weighted by atomic mass is 32.2. The van der Waals surface area contributed by atoms with E-state index in [-0.39, 0.29) is 10.4 Å². The van der Waals surface area contributed by atoms with Gasteiger partial charge in [0.15, 0.2) is 5.03 Å². The SMILES string of the molecule is CCc1ncc(S(=O)(=O)NCC2(C)CC2)[nH]1. The molecule has 1 aliphatic rings. The fourth-order valence-electron chi connectivity index (χ4n) is 1.40. The Morgan fingerprint density at radius 3 is 2.75 bits per heavy atom. The number of aromatic nitrogens is 2. The normalized spacial score (nSPS) is 18.6. The Morgan fingerprint density at radius 1 is 1.56 bits per heavy atom. The molecule has 1 aromatic rings. The number of imidazole rings is 1. The van der Waals surface area contributed by atoms with Gasteiger partial charge >= 0.3 is 0 Å². The van der Waals surface area contributed by atoms with Crippen LogP contribution in [-0.2, 0) is 16.4 Å². The fourth-order valence-corrected chi connectivity index (χ4v) is 2.53. The lowest BCUT2D eigenvalue weighted by Gasteiger charge is -2.09. The monoisotopic (exact) mass is 243 g/mol. The molecular weight excluding hydrogens is 226 g/mol. The van der Waals surface area contributed by atoms with Crippen LogP contribution in [0.5, 0.6) is 0 Å². The minimum absolute atomic E-state index is 0.161. The zero-order valence-corrected chi connectivity index (χ0v) is 10.4. The molecule has 1 saturated carbocycles. The van der Waals surface area contributed by atoms with Crippen molar-refractivity contribution in [3.05, 3.63) is 12.0 Å². The maximum atomic E-state index is 11.9. The average molecular weight is 243 g/mol. The molecule has 0 aromatic carbocycles. The van der Waals surface area contributed by atoms with Crippen molar-refractivity contribution in [1.82, 2.24) is 14.7 Å². The third-order valence-electron chi connectivity index (χ3n) is 3.02. The fraction of sp³-hybridized carbons (Fsp3) is 0.700. The summed E-state index contributed by atoms with van der Waals surface area (Å²) in [6.45, 7) is 4.52. The van der Waals surface area contributed by atoms with Crippen molar-refractivity contribution < 1.29 is 8.42 Å². The number of rotatable bonds is 5. The largest absolute Gasteiger partial charge is 0.332 e. The van der Waals surface area contributed by atoms with Gasteiger partial charge in [0.05, 0.1) is 6.20 Å². The van der Waals surface area contributed by atoms with Crippen LogP contribution < -0.4 is 4.72 Å². The lowest BCUT2D eigenvalue weighted by molar-refractivity contribution is 0.528. The highest BCUT2D eigenvalue weighted by Gasteiger charge is 2.38. The average Bonchev–Trinajstić information content (AvgIpc) is 2.81. The van der Waals surface area contributed by atoms with Crippen LogP contribution in [0.3, 0.4) is 0 Å². The summed E-state index contributed by atoms with van der Waals surface area (Å²) >= 11 is 0. The third kappa shape index (κ3) is 2.44. The van der Waals surface area contributed by atoms with Gasteiger partial charge in [-0.2, -0.15) is 0 Å². The summed E-state index contributed by atoms with van der Waals surface area (Å²) in [6, 6.07) is 0. The van der Waals surface area contributed by atoms with E-state index in [0.717, 1.165) is 12.8 Å². The van der Waals surface area contributed by atoms with E-state index in [2.05, 4.69) is 21.6 Å². The molecule has 0 spiro atoms. The minimum atomic E-state index is -3.41. The molecule has 0 bridgehead atoms. The first-order valence-corrected chi connectivity index (χ1v) is 6.97. The second-order valence-electron chi connectivity index (χ2n) is 4.68. The van der Waals surface area contributed by atoms with Crippen LogP contribution in [0.4, 0.5) is 0 Å². The first-order chi connectivity index (χ1) is 7.45. The van der Waals surface area contributed by atoms with Crippen molar-refractivity contribution in [3.8, 4) is 0 Å². The van der Waals surface area contributed by atoms with Gasteiger partial charge in [0.25, 0.3) is 10.0 Å². The summed E-state index contributed by atoms with van der Waals surface area (Å²) < 4.78 is 26.3. The molecule has 1 fully saturated rings. The van der Waals surface area contributed by atoms with Gasteiger partial charge in [0, 0.05) is 13.0 Å². The Balaban J connectivity index is 2.06. The second kappa shape index (κ2) is 3.85. The maximum Gasteiger partial charge on any atom is 0.257 e. The van der Waals surface area contributed by atoms with Gasteiger partial charge < -0.3 is 4.98 Å². The smallest absolute Gasteiger partial charge is 0.257 e. The second-order valence-corrected chi connectivity index (χ2v) is 6.42. The number of aryl methyl sites for hydroxylation is 1. The highest BCUT2D eigenvalue weighted by molar-refractivity contribution is 7.89. The third-order valence-corrected chi connectivity index (χ3v) is 4.33. The minimum Gasteiger partial charge on any atom is -0.332 e. The van der Waals surface area contributed by atoms with Crippen molar-refractivity contribution in [2.75, 3.05) is 6.54 Å². The van der Waals surface area contributed by atoms with E-state index in [9.17, 15) is 8.42 Å². The van der Waals surface area contributed by atoms with Crippen LogP contribution in [0.2, 0.25) is 0 Å². The van der Waals surface area contributed by atoms with Gasteiger partial charge in [-0.25, -0.2) is 18.1 Å². The Morgan fingerprint density at radius 2 is 2.25 bits per heavy atom. The van der Waals surface area contributed by atoms with Crippen molar-refractivity contribution in [2.45, 2.75) is 38.1 Å². The van der Waals surface area contributed by atoms with E-state index < -0.39 is 10.0 Å². The molecule has 0 radical (unpaired) electrons. The number of sulfonamides is 1. The number of hydrogen-bond donors (Lipinski definition) is 2. The van der Waals surface area contributed by atoms with Crippen molar-refractivity contribution in [2.24, 2.45) is 5.41 Å². The lowest BCUT2D eigenvalue weighted by Crippen LogP contribution is -2.29. The molecule has 1 heterocycles. The van der Waals surface area contributed by atoms with Crippen LogP contribution in [0.15, 0.2) is 11.2 Å². The molecule has 0 amide bonds. The zero-order chi connectivity index (χ0) is 11.8. The van der Waals surface area contributed by atoms with Gasteiger partial charge in [0.1, 0.15) is 5.82 Å². The Kier molecular flexibility index (Phi) is 2.79. The van der Waals surface area contributed by atoms with E-state index in [1.807, 2.05) is 6.92 Å². The van der Waals surface area contributed by atoms with E-state index in [0.29, 0.717) is 18.8 Å². The molecule has 16 heavy (non-hydrogen) atoms. The summed E-state index contributed by atoms with van der Waals surface area (Å²) in [5.41, 5.74) is 0.167. The van der Waals surface area contributed by atoms with Crippen LogP contribution in [-0.4, -0.2) is 24.9 Å². The lowest BCUT2D eigenvalue weighted by atomic mass is 10.2. The molecule has 2 rings (SSSR count). The van der Waals surface area contributed by atoms with Gasteiger partial charge in [-0.05, 0) is 18.3 Å². The van der Waals surface area contributed by atoms with Crippen LogP contribution in [0.25, 0.3) is 0 Å². The van der Waals surface area contributed by atoms with Gasteiger partial charge in [0.2, 0.25) is 0 Å². The predicted octanol–water partition coefficient (Wildman–Crippen LogP) is 1.05. The summed E-state index contributed by atoms with van der Waals surface area (Å²) in [4.78, 5) is 6.78. The quantitative estimate of drug-likeness (QED) is 0.811. The van der Waals surface area contributed by atoms with Gasteiger partial charge in [-0.1, -0.05) is 13.8 Å². The number of H-pyrrole nitrogens is 1. The van der Waals surface area contributed by atoms with Crippen LogP contribution in [0.1, 0.15) is 32.5 Å². The molecule has 5 nitrogen and oxygen atoms in total. The predicted molar refractivity (Wildman–Crippen MR) is 60.5 cm³/mol. The number of hydrogen-bond acceptors (Lipinski definition) is 3. The molecule has 1 aliphatic carbocycles. The molecule has 0 atom stereocenters. The first-order valence-electron chi connectivity index (χ1n) is 5.49. The maximum absolute atomic E-state index is 11.9. The molecule has 90 valence electrons. The molecule has 2 N–H and O–H groups in total. The molecule has 1 aromatic heterocycles. The summed E-state index contributed by atoms with van der Waals surface area (Å²) in [5, 5.41) is 0.161. The highest BCUT2D eigenvalue weighted by Crippen LogP contribution is 2.44. The van der Waals surface area contributed by atoms with Crippen LogP contribution in [0, 0.1) is 5.41 Å². The van der Waals surface area contributed by atoms with Crippen molar-refractivity contribution >= 4 is 10.0 Å². The molecule has 0 unspecified atom stereocenters. The van der Waals surface area contributed by atoms with Crippen molar-refractivity contribution in [1.29, 1.82) is 0 Å².